The first-order valence-corrected chi connectivity index (χ1v) is 6.12. The van der Waals surface area contributed by atoms with Crippen molar-refractivity contribution in [3.05, 3.63) is 0 Å². The van der Waals surface area contributed by atoms with Gasteiger partial charge in [0, 0.05) is 38.2 Å². The molecule has 1 amide bonds. The number of methoxy groups -OCH3 is 1. The van der Waals surface area contributed by atoms with Crippen molar-refractivity contribution in [2.75, 3.05) is 27.3 Å². The quantitative estimate of drug-likeness (QED) is 0.641. The highest BCUT2D eigenvalue weighted by Gasteiger charge is 2.21. The lowest BCUT2D eigenvalue weighted by atomic mass is 10.1. The predicted octanol–water partition coefficient (Wildman–Crippen LogP) is 0.195. The molecule has 102 valence electrons. The Morgan fingerprint density at radius 1 is 1.41 bits per heavy atom. The number of nitrogens with one attached hydrogen (secondary N) is 1. The van der Waals surface area contributed by atoms with Gasteiger partial charge in [-0.1, -0.05) is 0 Å². The third kappa shape index (κ3) is 6.61. The van der Waals surface area contributed by atoms with Crippen molar-refractivity contribution in [3.8, 4) is 0 Å². The number of rotatable bonds is 8. The van der Waals surface area contributed by atoms with Gasteiger partial charge in [-0.05, 0) is 27.8 Å². The molecule has 0 aromatic rings. The third-order valence-electron chi connectivity index (χ3n) is 2.82. The third-order valence-corrected chi connectivity index (χ3v) is 2.82. The van der Waals surface area contributed by atoms with Crippen molar-refractivity contribution in [3.63, 3.8) is 0 Å². The first-order chi connectivity index (χ1) is 7.92. The lowest BCUT2D eigenvalue weighted by molar-refractivity contribution is -0.122. The normalized spacial score (nSPS) is 15.1. The van der Waals surface area contributed by atoms with E-state index < -0.39 is 0 Å². The highest BCUT2D eigenvalue weighted by molar-refractivity contribution is 5.76. The van der Waals surface area contributed by atoms with Crippen LogP contribution in [-0.2, 0) is 9.53 Å². The summed E-state index contributed by atoms with van der Waals surface area (Å²) in [7, 11) is 3.65. The maximum Gasteiger partial charge on any atom is 0.221 e. The standard InChI is InChI=1S/C12H27N3O2/c1-9(2)14-12(16)6-11(7-13)15(4)10(3)8-17-5/h9-11H,6-8,13H2,1-5H3,(H,14,16). The van der Waals surface area contributed by atoms with E-state index in [1.807, 2.05) is 20.9 Å². The molecule has 0 spiro atoms. The molecular formula is C12H27N3O2. The first kappa shape index (κ1) is 16.4. The number of nitrogens with zero attached hydrogens (tertiary/aromatic N) is 1. The second kappa shape index (κ2) is 8.44. The van der Waals surface area contributed by atoms with Gasteiger partial charge >= 0.3 is 0 Å². The van der Waals surface area contributed by atoms with Crippen LogP contribution in [0.5, 0.6) is 0 Å². The van der Waals surface area contributed by atoms with Crippen molar-refractivity contribution in [2.45, 2.75) is 45.3 Å². The molecule has 5 heteroatoms. The molecule has 0 radical (unpaired) electrons. The van der Waals surface area contributed by atoms with Gasteiger partial charge in [-0.25, -0.2) is 0 Å². The summed E-state index contributed by atoms with van der Waals surface area (Å²) in [6.07, 6.45) is 0.430. The van der Waals surface area contributed by atoms with Crippen LogP contribution < -0.4 is 11.1 Å². The molecule has 2 atom stereocenters. The Morgan fingerprint density at radius 3 is 2.41 bits per heavy atom. The number of hydrogen-bond acceptors (Lipinski definition) is 4. The summed E-state index contributed by atoms with van der Waals surface area (Å²) < 4.78 is 5.11. The van der Waals surface area contributed by atoms with Crippen LogP contribution in [0.25, 0.3) is 0 Å². The average Bonchev–Trinajstić information content (AvgIpc) is 2.24. The minimum atomic E-state index is 0.0481. The van der Waals surface area contributed by atoms with Gasteiger partial charge in [0.05, 0.1) is 6.61 Å². The van der Waals surface area contributed by atoms with Crippen LogP contribution in [0.15, 0.2) is 0 Å². The number of hydrogen-bond donors (Lipinski definition) is 2. The molecule has 5 nitrogen and oxygen atoms in total. The van der Waals surface area contributed by atoms with Crippen molar-refractivity contribution in [1.29, 1.82) is 0 Å². The van der Waals surface area contributed by atoms with Crippen LogP contribution in [0.1, 0.15) is 27.2 Å². The zero-order valence-corrected chi connectivity index (χ0v) is 11.7. The molecule has 0 aliphatic heterocycles. The van der Waals surface area contributed by atoms with Crippen LogP contribution in [0, 0.1) is 0 Å². The SMILES string of the molecule is COCC(C)N(C)C(CN)CC(=O)NC(C)C. The first-order valence-electron chi connectivity index (χ1n) is 6.12. The van der Waals surface area contributed by atoms with Gasteiger partial charge in [0.2, 0.25) is 5.91 Å². The highest BCUT2D eigenvalue weighted by atomic mass is 16.5. The summed E-state index contributed by atoms with van der Waals surface area (Å²) in [6, 6.07) is 0.474. The number of amides is 1. The van der Waals surface area contributed by atoms with Crippen molar-refractivity contribution in [2.24, 2.45) is 5.73 Å². The minimum absolute atomic E-state index is 0.0481. The minimum Gasteiger partial charge on any atom is -0.383 e. The summed E-state index contributed by atoms with van der Waals surface area (Å²) in [4.78, 5) is 13.8. The van der Waals surface area contributed by atoms with Gasteiger partial charge in [0.1, 0.15) is 0 Å². The molecule has 0 aliphatic rings. The van der Waals surface area contributed by atoms with Crippen molar-refractivity contribution in [1.82, 2.24) is 10.2 Å². The summed E-state index contributed by atoms with van der Waals surface area (Å²) in [5.74, 6) is 0.0481. The van der Waals surface area contributed by atoms with E-state index in [-0.39, 0.29) is 24.0 Å². The Hall–Kier alpha value is -0.650. The van der Waals surface area contributed by atoms with Crippen LogP contribution in [0.3, 0.4) is 0 Å². The molecule has 0 aliphatic carbocycles. The maximum atomic E-state index is 11.7. The molecule has 0 aromatic heterocycles. The Bertz CT molecular complexity index is 222. The smallest absolute Gasteiger partial charge is 0.221 e. The number of nitrogens with two attached hydrogens (primary N) is 1. The molecule has 3 N–H and O–H groups in total. The lowest BCUT2D eigenvalue weighted by Gasteiger charge is -2.31. The lowest BCUT2D eigenvalue weighted by Crippen LogP contribution is -2.47. The average molecular weight is 245 g/mol. The second-order valence-corrected chi connectivity index (χ2v) is 4.79. The fourth-order valence-electron chi connectivity index (χ4n) is 1.71. The molecule has 17 heavy (non-hydrogen) atoms. The Balaban J connectivity index is 4.26. The Kier molecular flexibility index (Phi) is 8.12. The summed E-state index contributed by atoms with van der Waals surface area (Å²) in [6.45, 7) is 7.07. The Morgan fingerprint density at radius 2 is 2.00 bits per heavy atom. The molecule has 0 bridgehead atoms. The molecule has 0 saturated carbocycles. The molecule has 0 heterocycles. The number of carbonyl (C=O) groups excluding carboxylic acids is 1. The van der Waals surface area contributed by atoms with E-state index in [2.05, 4.69) is 17.1 Å². The van der Waals surface area contributed by atoms with Gasteiger partial charge < -0.3 is 15.8 Å². The van der Waals surface area contributed by atoms with Crippen LogP contribution in [-0.4, -0.2) is 56.2 Å². The second-order valence-electron chi connectivity index (χ2n) is 4.79. The summed E-state index contributed by atoms with van der Waals surface area (Å²) >= 11 is 0. The summed E-state index contributed by atoms with van der Waals surface area (Å²) in [5, 5.41) is 2.88. The zero-order valence-electron chi connectivity index (χ0n) is 11.7. The fourth-order valence-corrected chi connectivity index (χ4v) is 1.71. The number of ether oxygens (including phenoxy) is 1. The highest BCUT2D eigenvalue weighted by Crippen LogP contribution is 2.06. The monoisotopic (exact) mass is 245 g/mol. The predicted molar refractivity (Wildman–Crippen MR) is 69.8 cm³/mol. The van der Waals surface area contributed by atoms with E-state index in [0.29, 0.717) is 19.6 Å². The Labute approximate surface area is 105 Å². The van der Waals surface area contributed by atoms with Gasteiger partial charge in [0.15, 0.2) is 0 Å². The van der Waals surface area contributed by atoms with E-state index in [9.17, 15) is 4.79 Å². The van der Waals surface area contributed by atoms with Crippen molar-refractivity contribution >= 4 is 5.91 Å². The van der Waals surface area contributed by atoms with Gasteiger partial charge in [0.25, 0.3) is 0 Å². The van der Waals surface area contributed by atoms with Gasteiger partial charge in [-0.15, -0.1) is 0 Å². The van der Waals surface area contributed by atoms with E-state index in [0.717, 1.165) is 0 Å². The maximum absolute atomic E-state index is 11.7. The number of likely N-dealkylation sites (N-methyl/N-ethyl adjacent to an activating group) is 1. The molecule has 2 unspecified atom stereocenters. The van der Waals surface area contributed by atoms with E-state index in [4.69, 9.17) is 10.5 Å². The van der Waals surface area contributed by atoms with Gasteiger partial charge in [-0.2, -0.15) is 0 Å². The fraction of sp³-hybridized carbons (Fsp3) is 0.917. The van der Waals surface area contributed by atoms with Crippen LogP contribution in [0.4, 0.5) is 0 Å². The number of carbonyl (C=O) groups is 1. The van der Waals surface area contributed by atoms with E-state index >= 15 is 0 Å². The van der Waals surface area contributed by atoms with Crippen LogP contribution >= 0.6 is 0 Å². The largest absolute Gasteiger partial charge is 0.383 e. The molecule has 0 fully saturated rings. The van der Waals surface area contributed by atoms with E-state index in [1.165, 1.54) is 0 Å². The van der Waals surface area contributed by atoms with Crippen LogP contribution in [0.2, 0.25) is 0 Å². The molecule has 0 rings (SSSR count). The molecule has 0 aromatic carbocycles. The zero-order chi connectivity index (χ0) is 13.4. The molecule has 0 saturated heterocycles. The van der Waals surface area contributed by atoms with Gasteiger partial charge in [-0.3, -0.25) is 9.69 Å². The topological polar surface area (TPSA) is 67.6 Å². The van der Waals surface area contributed by atoms with E-state index in [1.54, 1.807) is 7.11 Å². The summed E-state index contributed by atoms with van der Waals surface area (Å²) in [5.41, 5.74) is 5.72. The van der Waals surface area contributed by atoms with Crippen molar-refractivity contribution < 1.29 is 9.53 Å². The molecular weight excluding hydrogens is 218 g/mol.